The van der Waals surface area contributed by atoms with E-state index in [1.807, 2.05) is 43.3 Å². The van der Waals surface area contributed by atoms with Gasteiger partial charge in [-0.1, -0.05) is 42.5 Å². The average molecular weight is 258 g/mol. The molecule has 0 bridgehead atoms. The zero-order valence-corrected chi connectivity index (χ0v) is 11.1. The Hall–Kier alpha value is -1.90. The summed E-state index contributed by atoms with van der Waals surface area (Å²) < 4.78 is 5.25. The van der Waals surface area contributed by atoms with Gasteiger partial charge in [-0.15, -0.1) is 0 Å². The van der Waals surface area contributed by atoms with E-state index in [0.29, 0.717) is 12.8 Å². The van der Waals surface area contributed by atoms with Gasteiger partial charge >= 0.3 is 5.97 Å². The molecule has 1 saturated carbocycles. The van der Waals surface area contributed by atoms with E-state index in [-0.39, 0.29) is 12.4 Å². The molecule has 1 aliphatic carbocycles. The highest BCUT2D eigenvalue weighted by atomic mass is 16.5. The highest BCUT2D eigenvalue weighted by molar-refractivity contribution is 6.11. The number of carbonyl (C=O) groups is 2. The first-order chi connectivity index (χ1) is 9.21. The molecule has 0 heterocycles. The third kappa shape index (κ3) is 2.46. The standard InChI is InChI=1S/C16H18O3/c1-2-3-12-19-15(18)16(11-7-10-14(16)17)13-8-5-4-6-9-13/h2-6,8-9H,7,10-12H2,1H3. The summed E-state index contributed by atoms with van der Waals surface area (Å²) in [5.41, 5.74) is -0.328. The van der Waals surface area contributed by atoms with Crippen molar-refractivity contribution in [2.24, 2.45) is 0 Å². The first-order valence-electron chi connectivity index (χ1n) is 6.59. The lowest BCUT2D eigenvalue weighted by atomic mass is 9.78. The summed E-state index contributed by atoms with van der Waals surface area (Å²) in [4.78, 5) is 24.6. The minimum Gasteiger partial charge on any atom is -0.460 e. The Balaban J connectivity index is 2.31. The number of ether oxygens (including phenoxy) is 1. The van der Waals surface area contributed by atoms with Crippen LogP contribution in [0.3, 0.4) is 0 Å². The number of hydrogen-bond donors (Lipinski definition) is 0. The van der Waals surface area contributed by atoms with Crippen LogP contribution >= 0.6 is 0 Å². The summed E-state index contributed by atoms with van der Waals surface area (Å²) in [6.07, 6.45) is 5.32. The molecule has 1 aliphatic rings. The van der Waals surface area contributed by atoms with E-state index in [2.05, 4.69) is 0 Å². The van der Waals surface area contributed by atoms with Gasteiger partial charge in [-0.25, -0.2) is 0 Å². The van der Waals surface area contributed by atoms with Gasteiger partial charge in [-0.2, -0.15) is 0 Å². The van der Waals surface area contributed by atoms with Crippen LogP contribution in [0.2, 0.25) is 0 Å². The summed E-state index contributed by atoms with van der Waals surface area (Å²) >= 11 is 0. The predicted molar refractivity (Wildman–Crippen MR) is 72.8 cm³/mol. The molecule has 0 spiro atoms. The maximum absolute atomic E-state index is 12.4. The SMILES string of the molecule is CC=CCOC(=O)C1(c2ccccc2)CCCC1=O. The number of carbonyl (C=O) groups excluding carboxylic acids is 2. The zero-order chi connectivity index (χ0) is 13.7. The number of benzene rings is 1. The molecule has 1 fully saturated rings. The summed E-state index contributed by atoms with van der Waals surface area (Å²) in [7, 11) is 0. The summed E-state index contributed by atoms with van der Waals surface area (Å²) in [6, 6.07) is 9.24. The van der Waals surface area contributed by atoms with Crippen LogP contribution in [0.4, 0.5) is 0 Å². The molecule has 0 radical (unpaired) electrons. The lowest BCUT2D eigenvalue weighted by Gasteiger charge is -2.25. The van der Waals surface area contributed by atoms with Gasteiger partial charge in [0, 0.05) is 6.42 Å². The van der Waals surface area contributed by atoms with Crippen molar-refractivity contribution in [3.63, 3.8) is 0 Å². The van der Waals surface area contributed by atoms with Crippen LogP contribution in [0.25, 0.3) is 0 Å². The normalized spacial score (nSPS) is 22.9. The number of ketones is 1. The van der Waals surface area contributed by atoms with Gasteiger partial charge in [0.1, 0.15) is 6.61 Å². The van der Waals surface area contributed by atoms with Gasteiger partial charge in [-0.05, 0) is 25.3 Å². The van der Waals surface area contributed by atoms with Gasteiger partial charge in [-0.3, -0.25) is 9.59 Å². The molecule has 3 nitrogen and oxygen atoms in total. The Bertz CT molecular complexity index is 490. The van der Waals surface area contributed by atoms with Crippen LogP contribution in [0.1, 0.15) is 31.7 Å². The van der Waals surface area contributed by atoms with Crippen LogP contribution in [0.15, 0.2) is 42.5 Å². The second-order valence-electron chi connectivity index (χ2n) is 4.72. The number of esters is 1. The Morgan fingerprint density at radius 2 is 2.11 bits per heavy atom. The van der Waals surface area contributed by atoms with Gasteiger partial charge in [0.25, 0.3) is 0 Å². The van der Waals surface area contributed by atoms with Crippen molar-refractivity contribution in [2.75, 3.05) is 6.61 Å². The molecule has 0 saturated heterocycles. The smallest absolute Gasteiger partial charge is 0.324 e. The maximum Gasteiger partial charge on any atom is 0.324 e. The van der Waals surface area contributed by atoms with Crippen molar-refractivity contribution in [1.29, 1.82) is 0 Å². The van der Waals surface area contributed by atoms with Crippen molar-refractivity contribution in [3.05, 3.63) is 48.0 Å². The molecule has 100 valence electrons. The molecule has 3 heteroatoms. The number of hydrogen-bond acceptors (Lipinski definition) is 3. The fourth-order valence-electron chi connectivity index (χ4n) is 2.57. The average Bonchev–Trinajstić information content (AvgIpc) is 2.83. The van der Waals surface area contributed by atoms with E-state index >= 15 is 0 Å². The van der Waals surface area contributed by atoms with E-state index in [4.69, 9.17) is 4.74 Å². The highest BCUT2D eigenvalue weighted by Gasteiger charge is 2.51. The van der Waals surface area contributed by atoms with Gasteiger partial charge in [0.05, 0.1) is 0 Å². The molecular formula is C16H18O3. The van der Waals surface area contributed by atoms with E-state index in [1.54, 1.807) is 6.08 Å². The molecule has 2 rings (SSSR count). The second kappa shape index (κ2) is 5.83. The molecule has 1 atom stereocenters. The van der Waals surface area contributed by atoms with Crippen molar-refractivity contribution < 1.29 is 14.3 Å². The van der Waals surface area contributed by atoms with E-state index in [0.717, 1.165) is 12.0 Å². The molecule has 0 aromatic heterocycles. The first-order valence-corrected chi connectivity index (χ1v) is 6.59. The summed E-state index contributed by atoms with van der Waals surface area (Å²) in [5.74, 6) is -0.441. The minimum absolute atomic E-state index is 0.0239. The van der Waals surface area contributed by atoms with Crippen LogP contribution < -0.4 is 0 Å². The van der Waals surface area contributed by atoms with Gasteiger partial charge < -0.3 is 4.74 Å². The molecular weight excluding hydrogens is 240 g/mol. The number of Topliss-reactive ketones (excluding diaryl/α,β-unsaturated/α-hetero) is 1. The van der Waals surface area contributed by atoms with Gasteiger partial charge in [0.2, 0.25) is 0 Å². The van der Waals surface area contributed by atoms with Crippen LogP contribution in [0, 0.1) is 0 Å². The van der Waals surface area contributed by atoms with Crippen LogP contribution in [0.5, 0.6) is 0 Å². The molecule has 0 amide bonds. The fraction of sp³-hybridized carbons (Fsp3) is 0.375. The van der Waals surface area contributed by atoms with Crippen LogP contribution in [-0.4, -0.2) is 18.4 Å². The lowest BCUT2D eigenvalue weighted by Crippen LogP contribution is -2.41. The summed E-state index contributed by atoms with van der Waals surface area (Å²) in [5, 5.41) is 0. The topological polar surface area (TPSA) is 43.4 Å². The fourth-order valence-corrected chi connectivity index (χ4v) is 2.57. The molecule has 0 aliphatic heterocycles. The van der Waals surface area contributed by atoms with Crippen molar-refractivity contribution in [2.45, 2.75) is 31.6 Å². The molecule has 1 aromatic carbocycles. The number of rotatable bonds is 4. The predicted octanol–water partition coefficient (Wildman–Crippen LogP) is 2.80. The van der Waals surface area contributed by atoms with E-state index in [9.17, 15) is 9.59 Å². The van der Waals surface area contributed by atoms with Crippen molar-refractivity contribution in [1.82, 2.24) is 0 Å². The second-order valence-corrected chi connectivity index (χ2v) is 4.72. The quantitative estimate of drug-likeness (QED) is 0.474. The molecule has 19 heavy (non-hydrogen) atoms. The first kappa shape index (κ1) is 13.5. The highest BCUT2D eigenvalue weighted by Crippen LogP contribution is 2.39. The van der Waals surface area contributed by atoms with Crippen LogP contribution in [-0.2, 0) is 19.7 Å². The Morgan fingerprint density at radius 1 is 1.37 bits per heavy atom. The van der Waals surface area contributed by atoms with E-state index < -0.39 is 11.4 Å². The molecule has 1 aromatic rings. The van der Waals surface area contributed by atoms with Crippen molar-refractivity contribution >= 4 is 11.8 Å². The molecule has 0 N–H and O–H groups in total. The Morgan fingerprint density at radius 3 is 2.68 bits per heavy atom. The third-order valence-electron chi connectivity index (χ3n) is 3.59. The molecule has 1 unspecified atom stereocenters. The van der Waals surface area contributed by atoms with Gasteiger partial charge in [0.15, 0.2) is 11.2 Å². The zero-order valence-electron chi connectivity index (χ0n) is 11.1. The summed E-state index contributed by atoms with van der Waals surface area (Å²) in [6.45, 7) is 2.08. The number of allylic oxidation sites excluding steroid dienone is 1. The van der Waals surface area contributed by atoms with Crippen molar-refractivity contribution in [3.8, 4) is 0 Å². The monoisotopic (exact) mass is 258 g/mol. The van der Waals surface area contributed by atoms with E-state index in [1.165, 1.54) is 0 Å². The Kier molecular flexibility index (Phi) is 4.15. The minimum atomic E-state index is -1.08. The third-order valence-corrected chi connectivity index (χ3v) is 3.59. The largest absolute Gasteiger partial charge is 0.460 e. The lowest BCUT2D eigenvalue weighted by molar-refractivity contribution is -0.152. The maximum atomic E-state index is 12.4. The Labute approximate surface area is 113 Å².